The van der Waals surface area contributed by atoms with E-state index >= 15 is 0 Å². The van der Waals surface area contributed by atoms with E-state index in [2.05, 4.69) is 17.3 Å². The summed E-state index contributed by atoms with van der Waals surface area (Å²) in [5.74, 6) is 3.82. The highest BCUT2D eigenvalue weighted by Gasteiger charge is 2.56. The zero-order valence-corrected chi connectivity index (χ0v) is 16.8. The van der Waals surface area contributed by atoms with Gasteiger partial charge in [-0.15, -0.1) is 0 Å². The first-order chi connectivity index (χ1) is 14.2. The highest BCUT2D eigenvalue weighted by Crippen LogP contribution is 2.58. The third kappa shape index (κ3) is 2.57. The van der Waals surface area contributed by atoms with Crippen molar-refractivity contribution in [2.24, 2.45) is 17.8 Å². The molecule has 0 unspecified atom stereocenters. The molecule has 1 aromatic carbocycles. The fourth-order valence-electron chi connectivity index (χ4n) is 5.99. The molecule has 0 radical (unpaired) electrons. The average Bonchev–Trinajstić information content (AvgIpc) is 3.07. The first kappa shape index (κ1) is 17.5. The van der Waals surface area contributed by atoms with Crippen molar-refractivity contribution in [2.75, 3.05) is 20.2 Å². The van der Waals surface area contributed by atoms with Crippen LogP contribution in [0, 0.1) is 17.8 Å². The maximum Gasteiger partial charge on any atom is 0.230 e. The summed E-state index contributed by atoms with van der Waals surface area (Å²) < 4.78 is 11.1. The van der Waals surface area contributed by atoms with Gasteiger partial charge in [0.1, 0.15) is 5.75 Å². The van der Waals surface area contributed by atoms with E-state index < -0.39 is 0 Å². The number of likely N-dealkylation sites (tertiary alicyclic amines) is 1. The molecule has 6 heteroatoms. The second-order valence-electron chi connectivity index (χ2n) is 9.33. The zero-order chi connectivity index (χ0) is 19.6. The Morgan fingerprint density at radius 1 is 1.17 bits per heavy atom. The molecule has 4 aliphatic rings. The molecule has 29 heavy (non-hydrogen) atoms. The minimum Gasteiger partial charge on any atom is -0.497 e. The minimum atomic E-state index is -0.136. The summed E-state index contributed by atoms with van der Waals surface area (Å²) in [5, 5.41) is 4.43. The summed E-state index contributed by atoms with van der Waals surface area (Å²) in [6.07, 6.45) is 6.68. The summed E-state index contributed by atoms with van der Waals surface area (Å²) >= 11 is 0. The van der Waals surface area contributed by atoms with Crippen LogP contribution in [0.15, 0.2) is 28.8 Å². The van der Waals surface area contributed by atoms with Crippen LogP contribution in [0.1, 0.15) is 61.7 Å². The molecule has 0 spiro atoms. The second-order valence-corrected chi connectivity index (χ2v) is 9.33. The number of amides is 1. The maximum atomic E-state index is 13.1. The summed E-state index contributed by atoms with van der Waals surface area (Å²) in [5.41, 5.74) is 1.08. The van der Waals surface area contributed by atoms with Gasteiger partial charge in [-0.3, -0.25) is 4.79 Å². The third-order valence-corrected chi connectivity index (χ3v) is 7.92. The number of carbonyl (C=O) groups is 1. The SMILES string of the molecule is COc1ccc(C2(c3noc([C@H]4[C@@H]5CC[C@@H](C5)[C@@H]4C(=O)N4CCC4)n3)CC2)cc1. The third-order valence-electron chi connectivity index (χ3n) is 7.92. The molecule has 3 saturated carbocycles. The lowest BCUT2D eigenvalue weighted by Crippen LogP contribution is -2.47. The molecule has 1 aliphatic heterocycles. The van der Waals surface area contributed by atoms with E-state index in [9.17, 15) is 4.79 Å². The Morgan fingerprint density at radius 3 is 2.59 bits per heavy atom. The molecule has 4 fully saturated rings. The first-order valence-corrected chi connectivity index (χ1v) is 11.0. The predicted molar refractivity (Wildman–Crippen MR) is 106 cm³/mol. The van der Waals surface area contributed by atoms with Crippen molar-refractivity contribution in [3.8, 4) is 5.75 Å². The van der Waals surface area contributed by atoms with Gasteiger partial charge in [0.25, 0.3) is 0 Å². The number of fused-ring (bicyclic) bond motifs is 2. The van der Waals surface area contributed by atoms with Crippen molar-refractivity contribution in [3.05, 3.63) is 41.5 Å². The lowest BCUT2D eigenvalue weighted by atomic mass is 9.78. The molecule has 6 rings (SSSR count). The molecule has 1 saturated heterocycles. The molecule has 3 aliphatic carbocycles. The smallest absolute Gasteiger partial charge is 0.230 e. The topological polar surface area (TPSA) is 68.5 Å². The fraction of sp³-hybridized carbons (Fsp3) is 0.609. The van der Waals surface area contributed by atoms with Crippen LogP contribution < -0.4 is 4.74 Å². The molecule has 2 heterocycles. The molecule has 4 atom stereocenters. The van der Waals surface area contributed by atoms with Crippen LogP contribution in [-0.2, 0) is 10.2 Å². The molecule has 2 bridgehead atoms. The molecule has 2 aromatic rings. The van der Waals surface area contributed by atoms with Gasteiger partial charge < -0.3 is 14.2 Å². The van der Waals surface area contributed by atoms with Crippen molar-refractivity contribution >= 4 is 5.91 Å². The number of methoxy groups -OCH3 is 1. The zero-order valence-electron chi connectivity index (χ0n) is 16.8. The van der Waals surface area contributed by atoms with Gasteiger partial charge in [0.05, 0.1) is 24.4 Å². The number of rotatable bonds is 5. The molecule has 152 valence electrons. The number of benzene rings is 1. The molecular formula is C23H27N3O3. The van der Waals surface area contributed by atoms with Gasteiger partial charge in [0.15, 0.2) is 5.82 Å². The van der Waals surface area contributed by atoms with Crippen LogP contribution in [0.3, 0.4) is 0 Å². The van der Waals surface area contributed by atoms with Gasteiger partial charge in [-0.1, -0.05) is 17.3 Å². The fourth-order valence-corrected chi connectivity index (χ4v) is 5.99. The standard InChI is InChI=1S/C23H27N3O3/c1-28-17-7-5-16(6-8-17)23(9-10-23)22-24-20(29-25-22)18-14-3-4-15(13-14)19(18)21(27)26-11-2-12-26/h5-8,14-15,18-19H,2-4,9-13H2,1H3/t14-,15+,18+,19+/m1/s1. The predicted octanol–water partition coefficient (Wildman–Crippen LogP) is 3.52. The van der Waals surface area contributed by atoms with E-state index in [1.165, 1.54) is 18.4 Å². The van der Waals surface area contributed by atoms with Crippen LogP contribution in [0.5, 0.6) is 5.75 Å². The first-order valence-electron chi connectivity index (χ1n) is 11.0. The van der Waals surface area contributed by atoms with Crippen LogP contribution in [0.4, 0.5) is 0 Å². The highest BCUT2D eigenvalue weighted by atomic mass is 16.5. The van der Waals surface area contributed by atoms with Crippen LogP contribution in [0.25, 0.3) is 0 Å². The second kappa shape index (κ2) is 6.31. The summed E-state index contributed by atoms with van der Waals surface area (Å²) in [6, 6.07) is 8.20. The van der Waals surface area contributed by atoms with E-state index in [4.69, 9.17) is 14.2 Å². The molecule has 0 N–H and O–H groups in total. The van der Waals surface area contributed by atoms with Gasteiger partial charge in [0.2, 0.25) is 11.8 Å². The van der Waals surface area contributed by atoms with Crippen LogP contribution in [0.2, 0.25) is 0 Å². The van der Waals surface area contributed by atoms with Gasteiger partial charge in [0, 0.05) is 13.1 Å². The van der Waals surface area contributed by atoms with Crippen molar-refractivity contribution in [1.82, 2.24) is 15.0 Å². The normalized spacial score (nSPS) is 31.6. The summed E-state index contributed by atoms with van der Waals surface area (Å²) in [6.45, 7) is 1.82. The number of hydrogen-bond acceptors (Lipinski definition) is 5. The van der Waals surface area contributed by atoms with Crippen LogP contribution >= 0.6 is 0 Å². The Balaban J connectivity index is 1.30. The number of nitrogens with zero attached hydrogens (tertiary/aromatic N) is 3. The van der Waals surface area contributed by atoms with E-state index in [0.717, 1.165) is 50.3 Å². The van der Waals surface area contributed by atoms with E-state index in [0.29, 0.717) is 23.6 Å². The van der Waals surface area contributed by atoms with E-state index in [1.807, 2.05) is 17.0 Å². The molecule has 6 nitrogen and oxygen atoms in total. The Kier molecular flexibility index (Phi) is 3.81. The van der Waals surface area contributed by atoms with Crippen molar-refractivity contribution in [3.63, 3.8) is 0 Å². The number of carbonyl (C=O) groups excluding carboxylic acids is 1. The lowest BCUT2D eigenvalue weighted by molar-refractivity contribution is -0.141. The molecule has 1 aromatic heterocycles. The largest absolute Gasteiger partial charge is 0.497 e. The van der Waals surface area contributed by atoms with E-state index in [-0.39, 0.29) is 17.3 Å². The van der Waals surface area contributed by atoms with Gasteiger partial charge >= 0.3 is 0 Å². The van der Waals surface area contributed by atoms with Gasteiger partial charge in [-0.2, -0.15) is 4.98 Å². The van der Waals surface area contributed by atoms with Crippen LogP contribution in [-0.4, -0.2) is 41.1 Å². The van der Waals surface area contributed by atoms with Gasteiger partial charge in [-0.05, 0) is 68.1 Å². The lowest BCUT2D eigenvalue weighted by Gasteiger charge is -2.37. The average molecular weight is 393 g/mol. The Labute approximate surface area is 170 Å². The molecular weight excluding hydrogens is 366 g/mol. The van der Waals surface area contributed by atoms with Crippen molar-refractivity contribution < 1.29 is 14.1 Å². The monoisotopic (exact) mass is 393 g/mol. The Hall–Kier alpha value is -2.37. The Bertz CT molecular complexity index is 929. The molecule has 1 amide bonds. The quantitative estimate of drug-likeness (QED) is 0.777. The van der Waals surface area contributed by atoms with Crippen molar-refractivity contribution in [2.45, 2.75) is 49.9 Å². The highest BCUT2D eigenvalue weighted by molar-refractivity contribution is 5.81. The minimum absolute atomic E-state index is 0.0403. The number of ether oxygens (including phenoxy) is 1. The Morgan fingerprint density at radius 2 is 1.93 bits per heavy atom. The number of hydrogen-bond donors (Lipinski definition) is 0. The maximum absolute atomic E-state index is 13.1. The summed E-state index contributed by atoms with van der Waals surface area (Å²) in [7, 11) is 1.68. The van der Waals surface area contributed by atoms with Crippen molar-refractivity contribution in [1.29, 1.82) is 0 Å². The van der Waals surface area contributed by atoms with E-state index in [1.54, 1.807) is 7.11 Å². The van der Waals surface area contributed by atoms with Gasteiger partial charge in [-0.25, -0.2) is 0 Å². The summed E-state index contributed by atoms with van der Waals surface area (Å²) in [4.78, 5) is 20.1. The number of aromatic nitrogens is 2.